The van der Waals surface area contributed by atoms with Crippen LogP contribution in [0, 0.1) is 0 Å². The van der Waals surface area contributed by atoms with Crippen molar-refractivity contribution in [2.45, 2.75) is 18.1 Å². The van der Waals surface area contributed by atoms with Gasteiger partial charge in [0.15, 0.2) is 0 Å². The van der Waals surface area contributed by atoms with Crippen molar-refractivity contribution in [3.8, 4) is 5.75 Å². The molecule has 6 heteroatoms. The molecule has 15 heavy (non-hydrogen) atoms. The highest BCUT2D eigenvalue weighted by Gasteiger charge is 2.35. The Morgan fingerprint density at radius 3 is 2.60 bits per heavy atom. The molecule has 0 aromatic heterocycles. The fourth-order valence-electron chi connectivity index (χ4n) is 1.20. The van der Waals surface area contributed by atoms with E-state index >= 15 is 0 Å². The lowest BCUT2D eigenvalue weighted by atomic mass is 10.3. The summed E-state index contributed by atoms with van der Waals surface area (Å²) >= 11 is 5.60. The summed E-state index contributed by atoms with van der Waals surface area (Å²) in [6, 6.07) is 4.26. The molecule has 2 N–H and O–H groups in total. The molecule has 0 amide bonds. The first-order chi connectivity index (χ1) is 6.99. The molecular formula is C9H10ClNO3S. The van der Waals surface area contributed by atoms with Crippen LogP contribution in [0.3, 0.4) is 0 Å². The van der Waals surface area contributed by atoms with Crippen molar-refractivity contribution in [1.29, 1.82) is 0 Å². The van der Waals surface area contributed by atoms with E-state index in [0.717, 1.165) is 0 Å². The largest absolute Gasteiger partial charge is 0.506 e. The molecule has 1 aromatic rings. The zero-order valence-electron chi connectivity index (χ0n) is 7.77. The summed E-state index contributed by atoms with van der Waals surface area (Å²) in [6.45, 7) is 0. The molecular weight excluding hydrogens is 238 g/mol. The molecule has 4 nitrogen and oxygen atoms in total. The third-order valence-electron chi connectivity index (χ3n) is 2.17. The number of phenols is 1. The standard InChI is InChI=1S/C9H10ClNO3S/c10-8-4-1-6(5-9(8)12)11-15(13,14)7-2-3-7/h1,4-5,7,11-12H,2-3H2. The maximum Gasteiger partial charge on any atom is 0.235 e. The van der Waals surface area contributed by atoms with Crippen molar-refractivity contribution in [2.75, 3.05) is 4.72 Å². The Morgan fingerprint density at radius 1 is 1.40 bits per heavy atom. The fraction of sp³-hybridized carbons (Fsp3) is 0.333. The Hall–Kier alpha value is -0.940. The SMILES string of the molecule is O=S(=O)(Nc1ccc(Cl)c(O)c1)C1CC1. The van der Waals surface area contributed by atoms with Crippen molar-refractivity contribution >= 4 is 27.3 Å². The maximum absolute atomic E-state index is 11.5. The van der Waals surface area contributed by atoms with Crippen LogP contribution in [0.1, 0.15) is 12.8 Å². The van der Waals surface area contributed by atoms with E-state index in [4.69, 9.17) is 11.6 Å². The second kappa shape index (κ2) is 3.57. The Bertz CT molecular complexity index is 482. The van der Waals surface area contributed by atoms with Gasteiger partial charge >= 0.3 is 0 Å². The highest BCUT2D eigenvalue weighted by atomic mass is 35.5. The van der Waals surface area contributed by atoms with Crippen molar-refractivity contribution < 1.29 is 13.5 Å². The van der Waals surface area contributed by atoms with E-state index in [0.29, 0.717) is 18.5 Å². The first-order valence-corrected chi connectivity index (χ1v) is 6.41. The monoisotopic (exact) mass is 247 g/mol. The van der Waals surface area contributed by atoms with Crippen LogP contribution in [0.2, 0.25) is 5.02 Å². The van der Waals surface area contributed by atoms with Gasteiger partial charge in [-0.3, -0.25) is 4.72 Å². The predicted octanol–water partition coefficient (Wildman–Crippen LogP) is 1.95. The summed E-state index contributed by atoms with van der Waals surface area (Å²) in [4.78, 5) is 0. The highest BCUT2D eigenvalue weighted by Crippen LogP contribution is 2.31. The number of rotatable bonds is 3. The van der Waals surface area contributed by atoms with Crippen LogP contribution >= 0.6 is 11.6 Å². The zero-order valence-corrected chi connectivity index (χ0v) is 9.35. The normalized spacial score (nSPS) is 16.3. The molecule has 1 aromatic carbocycles. The molecule has 82 valence electrons. The fourth-order valence-corrected chi connectivity index (χ4v) is 2.70. The number of nitrogens with one attached hydrogen (secondary N) is 1. The second-order valence-corrected chi connectivity index (χ2v) is 5.88. The first kappa shape index (κ1) is 10.6. The molecule has 2 rings (SSSR count). The number of hydrogen-bond donors (Lipinski definition) is 2. The van der Waals surface area contributed by atoms with Crippen LogP contribution in [0.15, 0.2) is 18.2 Å². The van der Waals surface area contributed by atoms with Gasteiger partial charge in [0.2, 0.25) is 10.0 Å². The Kier molecular flexibility index (Phi) is 2.52. The van der Waals surface area contributed by atoms with Crippen molar-refractivity contribution in [1.82, 2.24) is 0 Å². The van der Waals surface area contributed by atoms with E-state index < -0.39 is 10.0 Å². The van der Waals surface area contributed by atoms with E-state index in [9.17, 15) is 13.5 Å². The molecule has 0 radical (unpaired) electrons. The smallest absolute Gasteiger partial charge is 0.235 e. The van der Waals surface area contributed by atoms with Gasteiger partial charge in [0.1, 0.15) is 5.75 Å². The van der Waals surface area contributed by atoms with E-state index in [1.165, 1.54) is 18.2 Å². The average Bonchev–Trinajstić information content (AvgIpc) is 2.93. The number of benzene rings is 1. The molecule has 0 unspecified atom stereocenters. The Morgan fingerprint density at radius 2 is 2.07 bits per heavy atom. The third kappa shape index (κ3) is 2.35. The molecule has 0 heterocycles. The van der Waals surface area contributed by atoms with Crippen LogP contribution in [-0.2, 0) is 10.0 Å². The average molecular weight is 248 g/mol. The van der Waals surface area contributed by atoms with Gasteiger partial charge < -0.3 is 5.11 Å². The topological polar surface area (TPSA) is 66.4 Å². The van der Waals surface area contributed by atoms with Crippen LogP contribution < -0.4 is 4.72 Å². The zero-order chi connectivity index (χ0) is 11.1. The van der Waals surface area contributed by atoms with Gasteiger partial charge in [0, 0.05) is 6.07 Å². The van der Waals surface area contributed by atoms with E-state index in [2.05, 4.69) is 4.72 Å². The molecule has 0 spiro atoms. The van der Waals surface area contributed by atoms with Gasteiger partial charge in [-0.25, -0.2) is 8.42 Å². The van der Waals surface area contributed by atoms with Gasteiger partial charge in [0.25, 0.3) is 0 Å². The number of anilines is 1. The predicted molar refractivity (Wildman–Crippen MR) is 58.7 cm³/mol. The van der Waals surface area contributed by atoms with Crippen LogP contribution in [0.25, 0.3) is 0 Å². The van der Waals surface area contributed by atoms with Crippen LogP contribution in [-0.4, -0.2) is 18.8 Å². The van der Waals surface area contributed by atoms with E-state index in [1.54, 1.807) is 0 Å². The Labute approximate surface area is 92.9 Å². The lowest BCUT2D eigenvalue weighted by Gasteiger charge is -2.07. The molecule has 1 aliphatic carbocycles. The lowest BCUT2D eigenvalue weighted by molar-refractivity contribution is 0.476. The van der Waals surface area contributed by atoms with E-state index in [-0.39, 0.29) is 16.0 Å². The minimum atomic E-state index is -3.27. The molecule has 1 saturated carbocycles. The molecule has 1 aliphatic rings. The van der Waals surface area contributed by atoms with Gasteiger partial charge in [-0.05, 0) is 25.0 Å². The lowest BCUT2D eigenvalue weighted by Crippen LogP contribution is -2.17. The van der Waals surface area contributed by atoms with Gasteiger partial charge in [-0.2, -0.15) is 0 Å². The minimum Gasteiger partial charge on any atom is -0.506 e. The second-order valence-electron chi connectivity index (χ2n) is 3.51. The van der Waals surface area contributed by atoms with Crippen molar-refractivity contribution in [3.05, 3.63) is 23.2 Å². The summed E-state index contributed by atoms with van der Waals surface area (Å²) in [5, 5.41) is 9.20. The third-order valence-corrected chi connectivity index (χ3v) is 4.36. The highest BCUT2D eigenvalue weighted by molar-refractivity contribution is 7.93. The van der Waals surface area contributed by atoms with Gasteiger partial charge in [0.05, 0.1) is 16.0 Å². The minimum absolute atomic E-state index is 0.132. The molecule has 0 bridgehead atoms. The summed E-state index contributed by atoms with van der Waals surface area (Å²) in [5.41, 5.74) is 0.337. The summed E-state index contributed by atoms with van der Waals surface area (Å²) in [5.74, 6) is -0.132. The Balaban J connectivity index is 2.21. The summed E-state index contributed by atoms with van der Waals surface area (Å²) in [6.07, 6.45) is 1.41. The molecule has 0 atom stereocenters. The number of sulfonamides is 1. The molecule has 0 saturated heterocycles. The number of phenolic OH excluding ortho intramolecular Hbond substituents is 1. The molecule has 0 aliphatic heterocycles. The first-order valence-electron chi connectivity index (χ1n) is 4.49. The quantitative estimate of drug-likeness (QED) is 0.858. The molecule has 1 fully saturated rings. The van der Waals surface area contributed by atoms with E-state index in [1.807, 2.05) is 0 Å². The van der Waals surface area contributed by atoms with Crippen molar-refractivity contribution in [3.63, 3.8) is 0 Å². The number of aromatic hydroxyl groups is 1. The van der Waals surface area contributed by atoms with Gasteiger partial charge in [-0.15, -0.1) is 0 Å². The van der Waals surface area contributed by atoms with Crippen LogP contribution in [0.5, 0.6) is 5.75 Å². The number of hydrogen-bond acceptors (Lipinski definition) is 3. The van der Waals surface area contributed by atoms with Gasteiger partial charge in [-0.1, -0.05) is 11.6 Å². The van der Waals surface area contributed by atoms with Crippen molar-refractivity contribution in [2.24, 2.45) is 0 Å². The maximum atomic E-state index is 11.5. The summed E-state index contributed by atoms with van der Waals surface area (Å²) in [7, 11) is -3.27. The summed E-state index contributed by atoms with van der Waals surface area (Å²) < 4.78 is 25.5. The van der Waals surface area contributed by atoms with Crippen LogP contribution in [0.4, 0.5) is 5.69 Å². The number of halogens is 1.